The molecule has 10 rings (SSSR count). The van der Waals surface area contributed by atoms with E-state index in [4.69, 9.17) is 9.97 Å². The normalized spacial score (nSPS) is 14.9. The molecule has 3 heteroatoms. The third kappa shape index (κ3) is 3.74. The molecule has 0 saturated heterocycles. The summed E-state index contributed by atoms with van der Waals surface area (Å²) in [5, 5.41) is 5.89. The number of aromatic nitrogens is 3. The van der Waals surface area contributed by atoms with Crippen LogP contribution in [-0.4, -0.2) is 14.5 Å². The van der Waals surface area contributed by atoms with Crippen molar-refractivity contribution in [3.63, 3.8) is 0 Å². The molecule has 2 aliphatic carbocycles. The van der Waals surface area contributed by atoms with Crippen LogP contribution in [0.3, 0.4) is 0 Å². The van der Waals surface area contributed by atoms with E-state index in [0.717, 1.165) is 59.2 Å². The third-order valence-corrected chi connectivity index (χ3v) is 12.8. The molecule has 0 fully saturated rings. The van der Waals surface area contributed by atoms with Gasteiger partial charge in [0.15, 0.2) is 0 Å². The molecule has 6 aromatic carbocycles. The number of benzene rings is 6. The minimum absolute atomic E-state index is 0.0963. The predicted molar refractivity (Wildman–Crippen MR) is 213 cm³/mol. The Morgan fingerprint density at radius 3 is 1.47 bits per heavy atom. The molecule has 2 aromatic heterocycles. The maximum atomic E-state index is 5.73. The Labute approximate surface area is 299 Å². The lowest BCUT2D eigenvalue weighted by atomic mass is 9.66. The zero-order valence-electron chi connectivity index (χ0n) is 29.8. The Bertz CT molecular complexity index is 2600. The first kappa shape index (κ1) is 30.3. The van der Waals surface area contributed by atoms with Crippen molar-refractivity contribution >= 4 is 32.4 Å². The smallest absolute Gasteiger partial charge is 0.235 e. The Kier molecular flexibility index (Phi) is 6.52. The summed E-state index contributed by atoms with van der Waals surface area (Å²) >= 11 is 0. The molecular formula is C48H41N3. The van der Waals surface area contributed by atoms with Crippen LogP contribution < -0.4 is 0 Å². The van der Waals surface area contributed by atoms with Crippen LogP contribution in [0.25, 0.3) is 72.2 Å². The molecule has 248 valence electrons. The Morgan fingerprint density at radius 2 is 0.922 bits per heavy atom. The maximum Gasteiger partial charge on any atom is 0.235 e. The van der Waals surface area contributed by atoms with Gasteiger partial charge < -0.3 is 0 Å². The molecule has 0 spiro atoms. The Morgan fingerprint density at radius 1 is 0.471 bits per heavy atom. The third-order valence-electron chi connectivity index (χ3n) is 12.8. The highest BCUT2D eigenvalue weighted by Gasteiger charge is 2.54. The summed E-state index contributed by atoms with van der Waals surface area (Å²) in [5.74, 6) is 0.745. The van der Waals surface area contributed by atoms with E-state index in [2.05, 4.69) is 160 Å². The van der Waals surface area contributed by atoms with Crippen molar-refractivity contribution in [2.75, 3.05) is 0 Å². The van der Waals surface area contributed by atoms with Crippen molar-refractivity contribution in [2.24, 2.45) is 0 Å². The van der Waals surface area contributed by atoms with Gasteiger partial charge in [-0.3, -0.25) is 4.57 Å². The minimum atomic E-state index is -0.0963. The average Bonchev–Trinajstić information content (AvgIpc) is 3.80. The fraction of sp³-hybridized carbons (Fsp3) is 0.208. The summed E-state index contributed by atoms with van der Waals surface area (Å²) in [6, 6.07) is 46.6. The zero-order valence-corrected chi connectivity index (χ0v) is 29.8. The van der Waals surface area contributed by atoms with Gasteiger partial charge in [-0.05, 0) is 64.1 Å². The van der Waals surface area contributed by atoms with E-state index in [9.17, 15) is 0 Å². The molecule has 0 atom stereocenters. The van der Waals surface area contributed by atoms with Crippen molar-refractivity contribution < 1.29 is 0 Å². The van der Waals surface area contributed by atoms with Gasteiger partial charge in [0.25, 0.3) is 0 Å². The SMILES string of the molecule is CCC1(CC)c2ccccc2-c2c1c1c(n2-c2nc(-c3ccccc3)c3c4ccccc4c4ccccc4c3n2)-c2ccccc2C1(CC)CC. The molecular weight excluding hydrogens is 619 g/mol. The molecule has 0 aliphatic heterocycles. The largest absolute Gasteiger partial charge is 0.277 e. The maximum absolute atomic E-state index is 5.73. The van der Waals surface area contributed by atoms with Crippen LogP contribution >= 0.6 is 0 Å². The second-order valence-corrected chi connectivity index (χ2v) is 14.5. The molecule has 0 bridgehead atoms. The van der Waals surface area contributed by atoms with Gasteiger partial charge in [-0.1, -0.05) is 155 Å². The van der Waals surface area contributed by atoms with E-state index in [0.29, 0.717) is 0 Å². The van der Waals surface area contributed by atoms with E-state index >= 15 is 0 Å². The second kappa shape index (κ2) is 11.0. The summed E-state index contributed by atoms with van der Waals surface area (Å²) < 4.78 is 2.50. The van der Waals surface area contributed by atoms with Crippen LogP contribution in [0.1, 0.15) is 75.6 Å². The summed E-state index contributed by atoms with van der Waals surface area (Å²) in [6.45, 7) is 9.55. The minimum Gasteiger partial charge on any atom is -0.277 e. The molecule has 0 amide bonds. The molecule has 0 unspecified atom stereocenters. The van der Waals surface area contributed by atoms with Crippen LogP contribution in [0, 0.1) is 0 Å². The first-order chi connectivity index (χ1) is 25.1. The summed E-state index contributed by atoms with van der Waals surface area (Å²) in [7, 11) is 0. The van der Waals surface area contributed by atoms with Crippen LogP contribution in [-0.2, 0) is 10.8 Å². The van der Waals surface area contributed by atoms with Crippen molar-refractivity contribution in [2.45, 2.75) is 64.2 Å². The topological polar surface area (TPSA) is 30.7 Å². The standard InChI is InChI=1S/C48H41N3/c1-5-47(6-2)37-28-18-16-26-35(37)44-40(47)41-45(36-27-17-19-29-38(36)48(41,7-3)8-4)51(44)46-49-42(30-20-10-9-11-21-30)39-33-24-14-12-22-31(33)32-23-13-15-25-34(32)43(39)50-46/h9-29H,5-8H2,1-4H3. The van der Waals surface area contributed by atoms with Gasteiger partial charge in [-0.2, -0.15) is 0 Å². The molecule has 0 N–H and O–H groups in total. The Hall–Kier alpha value is -5.54. The summed E-state index contributed by atoms with van der Waals surface area (Å²) in [6.07, 6.45) is 4.14. The average molecular weight is 660 g/mol. The van der Waals surface area contributed by atoms with E-state index < -0.39 is 0 Å². The highest BCUT2D eigenvalue weighted by Crippen LogP contribution is 2.64. The van der Waals surface area contributed by atoms with Gasteiger partial charge in [0.1, 0.15) is 0 Å². The molecule has 0 radical (unpaired) electrons. The van der Waals surface area contributed by atoms with Gasteiger partial charge >= 0.3 is 0 Å². The first-order valence-electron chi connectivity index (χ1n) is 18.8. The van der Waals surface area contributed by atoms with Gasteiger partial charge in [0.05, 0.1) is 22.6 Å². The zero-order chi connectivity index (χ0) is 34.5. The highest BCUT2D eigenvalue weighted by atomic mass is 15.2. The molecule has 2 heterocycles. The number of hydrogen-bond donors (Lipinski definition) is 0. The fourth-order valence-corrected chi connectivity index (χ4v) is 10.3. The van der Waals surface area contributed by atoms with Crippen molar-refractivity contribution in [3.05, 3.63) is 150 Å². The Balaban J connectivity index is 1.45. The summed E-state index contributed by atoms with van der Waals surface area (Å²) in [5.41, 5.74) is 13.9. The van der Waals surface area contributed by atoms with Crippen LogP contribution in [0.15, 0.2) is 127 Å². The van der Waals surface area contributed by atoms with Gasteiger partial charge in [0.2, 0.25) is 5.95 Å². The number of hydrogen-bond acceptors (Lipinski definition) is 2. The van der Waals surface area contributed by atoms with E-state index in [1.807, 2.05) is 0 Å². The van der Waals surface area contributed by atoms with E-state index in [1.165, 1.54) is 60.9 Å². The first-order valence-corrected chi connectivity index (χ1v) is 18.8. The lowest BCUT2D eigenvalue weighted by Crippen LogP contribution is -2.30. The molecule has 0 saturated carbocycles. The van der Waals surface area contributed by atoms with Crippen LogP contribution in [0.4, 0.5) is 0 Å². The van der Waals surface area contributed by atoms with Gasteiger partial charge in [-0.15, -0.1) is 0 Å². The van der Waals surface area contributed by atoms with E-state index in [-0.39, 0.29) is 10.8 Å². The molecule has 51 heavy (non-hydrogen) atoms. The van der Waals surface area contributed by atoms with Crippen LogP contribution in [0.5, 0.6) is 0 Å². The fourth-order valence-electron chi connectivity index (χ4n) is 10.3. The number of nitrogens with zero attached hydrogens (tertiary/aromatic N) is 3. The monoisotopic (exact) mass is 659 g/mol. The van der Waals surface area contributed by atoms with Crippen molar-refractivity contribution in [1.29, 1.82) is 0 Å². The number of fused-ring (bicyclic) bond motifs is 13. The highest BCUT2D eigenvalue weighted by molar-refractivity contribution is 6.27. The summed E-state index contributed by atoms with van der Waals surface area (Å²) in [4.78, 5) is 11.5. The van der Waals surface area contributed by atoms with Crippen molar-refractivity contribution in [3.8, 4) is 39.7 Å². The lowest BCUT2D eigenvalue weighted by Gasteiger charge is -2.36. The molecule has 2 aliphatic rings. The van der Waals surface area contributed by atoms with Gasteiger partial charge in [0, 0.05) is 38.3 Å². The predicted octanol–water partition coefficient (Wildman–Crippen LogP) is 12.6. The quantitative estimate of drug-likeness (QED) is 0.166. The lowest BCUT2D eigenvalue weighted by molar-refractivity contribution is 0.448. The van der Waals surface area contributed by atoms with Gasteiger partial charge in [-0.25, -0.2) is 9.97 Å². The van der Waals surface area contributed by atoms with E-state index in [1.54, 1.807) is 0 Å². The van der Waals surface area contributed by atoms with Crippen molar-refractivity contribution in [1.82, 2.24) is 14.5 Å². The molecule has 8 aromatic rings. The number of rotatable bonds is 6. The molecule has 3 nitrogen and oxygen atoms in total. The second-order valence-electron chi connectivity index (χ2n) is 14.5. The van der Waals surface area contributed by atoms with Crippen LogP contribution in [0.2, 0.25) is 0 Å².